The molecule has 0 amide bonds. The van der Waals surface area contributed by atoms with Crippen LogP contribution in [0, 0.1) is 27.7 Å². The molecule has 15 rings (SSSR count). The maximum Gasteiger partial charge on any atom is 0.416 e. The van der Waals surface area contributed by atoms with Crippen LogP contribution in [0.2, 0.25) is 0 Å². The summed E-state index contributed by atoms with van der Waals surface area (Å²) >= 11 is 0. The average Bonchev–Trinajstić information content (AvgIpc) is 0.733. The van der Waals surface area contributed by atoms with Gasteiger partial charge in [0.05, 0.1) is 44.7 Å². The molecule has 15 aromatic rings. The highest BCUT2D eigenvalue weighted by Crippen LogP contribution is 2.50. The molecule has 13 aromatic carbocycles. The largest absolute Gasteiger partial charge is 0.416 e. The lowest BCUT2D eigenvalue weighted by Gasteiger charge is -2.27. The van der Waals surface area contributed by atoms with Crippen molar-refractivity contribution in [3.8, 4) is 44.8 Å². The Morgan fingerprint density at radius 2 is 0.368 bits per heavy atom. The summed E-state index contributed by atoms with van der Waals surface area (Å²) < 4.78 is 170. The van der Waals surface area contributed by atoms with Crippen LogP contribution in [0.4, 0.5) is 52.7 Å². The SMILES string of the molecule is C=P(c1ccc(C)cc1)(c1ccc(-c2cc(-c3ccc(P(=C)(c4ccc(C)cc4)c4ccc(C(F)(F)F)cc4)cc3)c3ccc4c(-c5ccc(P(=C)(c6ccc(C)cc6)c6ccc(C(F)(F)F)cc6)cc5)cc(-c5ccc(P(=C)(c6ccc(C)cc6)c6ccc(C(F)(F)F)cc6)cc5)nc4c3n2)cc1)c1ccc(C(F)(F)F)cc1. The Labute approximate surface area is 654 Å². The van der Waals surface area contributed by atoms with Gasteiger partial charge in [-0.2, -0.15) is 52.7 Å². The molecule has 0 fully saturated rings. The van der Waals surface area contributed by atoms with Crippen LogP contribution in [0.25, 0.3) is 66.6 Å². The summed E-state index contributed by atoms with van der Waals surface area (Å²) in [6.07, 6.45) is 1.27. The molecule has 0 bridgehead atoms. The van der Waals surface area contributed by atoms with Gasteiger partial charge >= 0.3 is 24.7 Å². The highest BCUT2D eigenvalue weighted by Gasteiger charge is 2.36. The molecule has 4 atom stereocenters. The van der Waals surface area contributed by atoms with E-state index in [9.17, 15) is 52.7 Å². The first kappa shape index (κ1) is 78.3. The van der Waals surface area contributed by atoms with Crippen molar-refractivity contribution in [1.82, 2.24) is 9.97 Å². The molecule has 0 aliphatic heterocycles. The van der Waals surface area contributed by atoms with Crippen LogP contribution in [0.15, 0.2) is 315 Å². The summed E-state index contributed by atoms with van der Waals surface area (Å²) in [5, 5.41) is 10.4. The molecule has 114 heavy (non-hydrogen) atoms. The van der Waals surface area contributed by atoms with Gasteiger partial charge in [-0.25, -0.2) is 9.97 Å². The first-order valence-electron chi connectivity index (χ1n) is 36.3. The van der Waals surface area contributed by atoms with E-state index in [1.807, 2.05) is 246 Å². The molecule has 570 valence electrons. The van der Waals surface area contributed by atoms with Gasteiger partial charge in [-0.1, -0.05) is 302 Å². The monoisotopic (exact) mass is 1600 g/mol. The third-order valence-corrected chi connectivity index (χ3v) is 35.8. The number of alkyl halides is 12. The van der Waals surface area contributed by atoms with E-state index in [2.05, 4.69) is 0 Å². The van der Waals surface area contributed by atoms with Crippen molar-refractivity contribution in [2.75, 3.05) is 0 Å². The van der Waals surface area contributed by atoms with Crippen molar-refractivity contribution in [3.63, 3.8) is 0 Å². The average molecular weight is 1610 g/mol. The van der Waals surface area contributed by atoms with E-state index in [-0.39, 0.29) is 0 Å². The molecule has 0 saturated carbocycles. The molecule has 18 heteroatoms. The fourth-order valence-corrected chi connectivity index (χ4v) is 26.4. The van der Waals surface area contributed by atoms with E-state index in [1.165, 1.54) is 48.5 Å². The van der Waals surface area contributed by atoms with Crippen molar-refractivity contribution in [1.29, 1.82) is 0 Å². The molecule has 0 aliphatic rings. The Balaban J connectivity index is 0.956. The van der Waals surface area contributed by atoms with Gasteiger partial charge < -0.3 is 0 Å². The maximum absolute atomic E-state index is 14.2. The van der Waals surface area contributed by atoms with Crippen molar-refractivity contribution in [3.05, 3.63) is 360 Å². The summed E-state index contributed by atoms with van der Waals surface area (Å²) in [6, 6.07) is 91.4. The number of benzene rings is 13. The molecule has 0 saturated heterocycles. The van der Waals surface area contributed by atoms with Gasteiger partial charge in [0.15, 0.2) is 0 Å². The predicted octanol–water partition coefficient (Wildman–Crippen LogP) is 21.7. The Kier molecular flexibility index (Phi) is 20.5. The topological polar surface area (TPSA) is 25.8 Å². The van der Waals surface area contributed by atoms with E-state index in [1.54, 1.807) is 0 Å². The van der Waals surface area contributed by atoms with Crippen molar-refractivity contribution in [2.45, 2.75) is 52.4 Å². The van der Waals surface area contributed by atoms with Crippen LogP contribution in [0.3, 0.4) is 0 Å². The third-order valence-electron chi connectivity index (χ3n) is 21.6. The van der Waals surface area contributed by atoms with E-state index >= 15 is 0 Å². The molecule has 2 nitrogen and oxygen atoms in total. The number of pyridine rings is 2. The zero-order valence-corrected chi connectivity index (χ0v) is 65.6. The van der Waals surface area contributed by atoms with Crippen molar-refractivity contribution >= 4 is 138 Å². The number of aryl methyl sites for hydroxylation is 4. The normalized spacial score (nSPS) is 14.4. The summed E-state index contributed by atoms with van der Waals surface area (Å²) in [5.74, 6) is 0. The standard InChI is InChI=1S/C96H72F12N2P4/c1-61-9-33-73(34-10-61)111(5,81-49-25-69(26-50-81)93(97,98)99)77-41-17-65(18-42-77)87-59-89(67-21-45-79(46-22-67)113(7,75-37-13-63(3)14-38-75)83-53-29-71(30-54-83)95(103,104)105)109-91-85(87)57-58-86-88(66-19-43-78(44-20-66)112(6,74-35-11-62(2)12-36-74)82-51-27-70(28-52-82)94(100,101)102)60-90(110-92(86)91)68-23-47-80(48-24-68)114(8,76-39-15-64(4)16-40-76)84-55-31-72(32-56-84)96(106,107)108/h9-60H,5-8H2,1-4H3. The van der Waals surface area contributed by atoms with Gasteiger partial charge in [-0.3, -0.25) is 0 Å². The van der Waals surface area contributed by atoms with Crippen LogP contribution in [-0.4, -0.2) is 35.2 Å². The van der Waals surface area contributed by atoms with E-state index in [4.69, 9.17) is 35.2 Å². The molecule has 0 radical (unpaired) electrons. The van der Waals surface area contributed by atoms with Gasteiger partial charge in [0.1, 0.15) is 0 Å². The fourth-order valence-electron chi connectivity index (χ4n) is 14.9. The molecular weight excluding hydrogens is 1530 g/mol. The van der Waals surface area contributed by atoms with Crippen LogP contribution in [0.1, 0.15) is 44.5 Å². The quantitative estimate of drug-likeness (QED) is 0.0547. The van der Waals surface area contributed by atoms with Gasteiger partial charge in [-0.05, 0) is 202 Å². The van der Waals surface area contributed by atoms with Crippen LogP contribution < -0.4 is 63.7 Å². The Bertz CT molecular complexity index is 5950. The highest BCUT2D eigenvalue weighted by atomic mass is 31.2. The Morgan fingerprint density at radius 3 is 0.544 bits per heavy atom. The minimum atomic E-state index is -4.57. The number of rotatable bonds is 16. The predicted molar refractivity (Wildman–Crippen MR) is 461 cm³/mol. The van der Waals surface area contributed by atoms with Gasteiger partial charge in [-0.15, -0.1) is 0 Å². The zero-order chi connectivity index (χ0) is 80.7. The molecule has 0 spiro atoms. The first-order chi connectivity index (χ1) is 54.1. The second-order valence-corrected chi connectivity index (χ2v) is 41.6. The number of aromatic nitrogens is 2. The first-order valence-corrected chi connectivity index (χ1v) is 44.2. The Hall–Kier alpha value is -11.0. The minimum absolute atomic E-state index is 0.477. The number of hydrogen-bond acceptors (Lipinski definition) is 2. The number of fused-ring (bicyclic) bond motifs is 3. The number of hydrogen-bond donors (Lipinski definition) is 0. The fraction of sp³-hybridized carbons (Fsp3) is 0.0833. The number of halogens is 12. The molecule has 4 unspecified atom stereocenters. The lowest BCUT2D eigenvalue weighted by atomic mass is 9.94. The second-order valence-electron chi connectivity index (χ2n) is 28.9. The molecule has 2 aromatic heterocycles. The van der Waals surface area contributed by atoms with Crippen LogP contribution in [-0.2, 0) is 24.7 Å². The van der Waals surface area contributed by atoms with Crippen LogP contribution >= 0.6 is 27.5 Å². The summed E-state index contributed by atoms with van der Waals surface area (Å²) in [6.45, 7) is -3.74. The van der Waals surface area contributed by atoms with Crippen molar-refractivity contribution < 1.29 is 52.7 Å². The third kappa shape index (κ3) is 14.7. The molecule has 0 aliphatic carbocycles. The van der Waals surface area contributed by atoms with Crippen molar-refractivity contribution in [2.24, 2.45) is 0 Å². The minimum Gasteiger partial charge on any atom is -0.245 e. The smallest absolute Gasteiger partial charge is 0.245 e. The maximum atomic E-state index is 14.2. The summed E-state index contributed by atoms with van der Waals surface area (Å²) in [7, 11) is 0. The Morgan fingerprint density at radius 1 is 0.211 bits per heavy atom. The molecule has 0 N–H and O–H groups in total. The van der Waals surface area contributed by atoms with Gasteiger partial charge in [0.25, 0.3) is 0 Å². The molecule has 2 heterocycles. The summed E-state index contributed by atoms with van der Waals surface area (Å²) in [4.78, 5) is 11.2. The van der Waals surface area contributed by atoms with E-state index in [0.717, 1.165) is 135 Å². The highest BCUT2D eigenvalue weighted by molar-refractivity contribution is 7.94. The second kappa shape index (κ2) is 29.8. The number of nitrogens with zero attached hydrogens (tertiary/aromatic N) is 2. The van der Waals surface area contributed by atoms with Crippen LogP contribution in [0.5, 0.6) is 0 Å². The van der Waals surface area contributed by atoms with E-state index in [0.29, 0.717) is 65.5 Å². The van der Waals surface area contributed by atoms with E-state index < -0.39 is 74.5 Å². The van der Waals surface area contributed by atoms with Gasteiger partial charge in [0.2, 0.25) is 0 Å². The molecular formula is C96H72F12N2P4. The lowest BCUT2D eigenvalue weighted by Crippen LogP contribution is -2.26. The lowest BCUT2D eigenvalue weighted by molar-refractivity contribution is -0.138. The summed E-state index contributed by atoms with van der Waals surface area (Å²) in [5.41, 5.74) is 7.02. The zero-order valence-electron chi connectivity index (χ0n) is 62.1. The van der Waals surface area contributed by atoms with Gasteiger partial charge in [0, 0.05) is 21.9 Å².